The van der Waals surface area contributed by atoms with Crippen molar-refractivity contribution in [1.29, 1.82) is 0 Å². The molecule has 16 heavy (non-hydrogen) atoms. The van der Waals surface area contributed by atoms with Gasteiger partial charge in [0.1, 0.15) is 12.1 Å². The maximum Gasteiger partial charge on any atom is 0.320 e. The van der Waals surface area contributed by atoms with Gasteiger partial charge < -0.3 is 21.3 Å². The van der Waals surface area contributed by atoms with Gasteiger partial charge in [0.25, 0.3) is 0 Å². The van der Waals surface area contributed by atoms with Crippen molar-refractivity contribution in [3.8, 4) is 0 Å². The molecule has 1 aliphatic heterocycles. The summed E-state index contributed by atoms with van der Waals surface area (Å²) in [6, 6.07) is -0.981. The van der Waals surface area contributed by atoms with Crippen LogP contribution in [0.4, 0.5) is 0 Å². The van der Waals surface area contributed by atoms with Crippen molar-refractivity contribution >= 4 is 11.9 Å². The molecule has 0 saturated carbocycles. The van der Waals surface area contributed by atoms with E-state index >= 15 is 0 Å². The van der Waals surface area contributed by atoms with Crippen molar-refractivity contribution in [2.45, 2.75) is 38.8 Å². The van der Waals surface area contributed by atoms with Crippen molar-refractivity contribution in [3.63, 3.8) is 0 Å². The zero-order chi connectivity index (χ0) is 12.7. The van der Waals surface area contributed by atoms with Crippen LogP contribution in [0.15, 0.2) is 0 Å². The first-order chi connectivity index (χ1) is 7.36. The number of hydrogen-bond acceptors (Lipinski definition) is 4. The van der Waals surface area contributed by atoms with Crippen molar-refractivity contribution < 1.29 is 19.8 Å². The first-order valence-corrected chi connectivity index (χ1v) is 5.30. The predicted octanol–water partition coefficient (Wildman–Crippen LogP) is -0.123. The van der Waals surface area contributed by atoms with Crippen molar-refractivity contribution in [3.05, 3.63) is 0 Å². The Balaban J connectivity index is 0.000000281. The average Bonchev–Trinajstić information content (AvgIpc) is 2.70. The molecule has 0 aliphatic carbocycles. The fourth-order valence-corrected chi connectivity index (χ4v) is 1.18. The lowest BCUT2D eigenvalue weighted by Crippen LogP contribution is -2.34. The van der Waals surface area contributed by atoms with Crippen LogP contribution in [0.1, 0.15) is 26.7 Å². The van der Waals surface area contributed by atoms with E-state index in [9.17, 15) is 9.59 Å². The topological polar surface area (TPSA) is 113 Å². The van der Waals surface area contributed by atoms with Crippen molar-refractivity contribution in [2.24, 2.45) is 11.7 Å². The minimum Gasteiger partial charge on any atom is -0.480 e. The van der Waals surface area contributed by atoms with Gasteiger partial charge in [-0.2, -0.15) is 0 Å². The molecule has 6 nitrogen and oxygen atoms in total. The maximum absolute atomic E-state index is 10.1. The Morgan fingerprint density at radius 1 is 1.38 bits per heavy atom. The number of hydrogen-bond donors (Lipinski definition) is 4. The van der Waals surface area contributed by atoms with Crippen LogP contribution < -0.4 is 11.1 Å². The van der Waals surface area contributed by atoms with Gasteiger partial charge in [-0.15, -0.1) is 0 Å². The smallest absolute Gasteiger partial charge is 0.320 e. The van der Waals surface area contributed by atoms with Crippen LogP contribution in [0.5, 0.6) is 0 Å². The van der Waals surface area contributed by atoms with Gasteiger partial charge in [-0.1, -0.05) is 13.8 Å². The zero-order valence-corrected chi connectivity index (χ0v) is 9.64. The molecule has 2 atom stereocenters. The first-order valence-electron chi connectivity index (χ1n) is 5.30. The van der Waals surface area contributed by atoms with Gasteiger partial charge in [-0.3, -0.25) is 9.59 Å². The number of carbonyl (C=O) groups is 2. The third kappa shape index (κ3) is 5.67. The van der Waals surface area contributed by atoms with E-state index in [1.54, 1.807) is 13.8 Å². The van der Waals surface area contributed by atoms with E-state index in [1.807, 2.05) is 0 Å². The third-order valence-electron chi connectivity index (χ3n) is 2.36. The molecule has 0 aromatic carbocycles. The van der Waals surface area contributed by atoms with Crippen LogP contribution in [-0.4, -0.2) is 40.8 Å². The van der Waals surface area contributed by atoms with E-state index in [0.717, 1.165) is 19.4 Å². The van der Waals surface area contributed by atoms with Crippen molar-refractivity contribution in [1.82, 2.24) is 5.32 Å². The number of nitrogens with two attached hydrogens (primary N) is 1. The molecule has 6 heteroatoms. The van der Waals surface area contributed by atoms with Crippen LogP contribution >= 0.6 is 0 Å². The quantitative estimate of drug-likeness (QED) is 0.539. The second-order valence-electron chi connectivity index (χ2n) is 4.10. The molecule has 1 fully saturated rings. The highest BCUT2D eigenvalue weighted by atomic mass is 16.4. The van der Waals surface area contributed by atoms with E-state index < -0.39 is 18.0 Å². The van der Waals surface area contributed by atoms with Gasteiger partial charge in [0.15, 0.2) is 0 Å². The monoisotopic (exact) mass is 232 g/mol. The Labute approximate surface area is 94.8 Å². The number of carboxylic acids is 2. The highest BCUT2D eigenvalue weighted by Crippen LogP contribution is 2.03. The predicted molar refractivity (Wildman–Crippen MR) is 59.1 cm³/mol. The lowest BCUT2D eigenvalue weighted by molar-refractivity contribution is -0.140. The largest absolute Gasteiger partial charge is 0.480 e. The molecule has 1 heterocycles. The van der Waals surface area contributed by atoms with E-state index in [1.165, 1.54) is 0 Å². The van der Waals surface area contributed by atoms with Gasteiger partial charge in [0, 0.05) is 0 Å². The second-order valence-corrected chi connectivity index (χ2v) is 4.10. The number of aliphatic carboxylic acids is 2. The molecule has 0 aromatic rings. The molecule has 0 bridgehead atoms. The van der Waals surface area contributed by atoms with Crippen LogP contribution in [0, 0.1) is 5.92 Å². The van der Waals surface area contributed by atoms with Crippen LogP contribution in [-0.2, 0) is 9.59 Å². The van der Waals surface area contributed by atoms with Gasteiger partial charge in [0.2, 0.25) is 0 Å². The summed E-state index contributed by atoms with van der Waals surface area (Å²) in [5.74, 6) is -1.63. The van der Waals surface area contributed by atoms with Gasteiger partial charge in [-0.05, 0) is 25.3 Å². The Morgan fingerprint density at radius 3 is 2.06 bits per heavy atom. The lowest BCUT2D eigenvalue weighted by atomic mass is 10.1. The summed E-state index contributed by atoms with van der Waals surface area (Å²) < 4.78 is 0. The molecule has 0 amide bonds. The van der Waals surface area contributed by atoms with E-state index in [0.29, 0.717) is 0 Å². The molecule has 0 unspecified atom stereocenters. The van der Waals surface area contributed by atoms with Gasteiger partial charge in [0.05, 0.1) is 0 Å². The van der Waals surface area contributed by atoms with Crippen LogP contribution in [0.2, 0.25) is 0 Å². The van der Waals surface area contributed by atoms with Gasteiger partial charge >= 0.3 is 11.9 Å². The maximum atomic E-state index is 10.1. The van der Waals surface area contributed by atoms with E-state index in [2.05, 4.69) is 5.32 Å². The highest BCUT2D eigenvalue weighted by molar-refractivity contribution is 5.73. The molecular weight excluding hydrogens is 212 g/mol. The molecule has 0 spiro atoms. The number of nitrogens with one attached hydrogen (secondary N) is 1. The second kappa shape index (κ2) is 7.19. The molecule has 0 aromatic heterocycles. The Morgan fingerprint density at radius 2 is 1.94 bits per heavy atom. The molecule has 1 aliphatic rings. The average molecular weight is 232 g/mol. The SMILES string of the molecule is CC(C)[C@@H](N)C(=O)O.O=C(O)[C@@H]1CCCN1. The lowest BCUT2D eigenvalue weighted by Gasteiger charge is -2.07. The summed E-state index contributed by atoms with van der Waals surface area (Å²) in [4.78, 5) is 20.2. The van der Waals surface area contributed by atoms with Crippen LogP contribution in [0.25, 0.3) is 0 Å². The van der Waals surface area contributed by atoms with E-state index in [4.69, 9.17) is 15.9 Å². The minimum absolute atomic E-state index is 0.0208. The minimum atomic E-state index is -0.931. The Kier molecular flexibility index (Phi) is 6.67. The standard InChI is InChI=1S/C5H9NO2.C5H11NO2/c7-5(8)4-2-1-3-6-4;1-3(2)4(6)5(7)8/h4,6H,1-3H2,(H,7,8);3-4H,6H2,1-2H3,(H,7,8)/t2*4-/m01/s1. The molecular formula is C10H20N2O4. The molecule has 1 rings (SSSR count). The normalized spacial score (nSPS) is 21.1. The van der Waals surface area contributed by atoms with Crippen molar-refractivity contribution in [2.75, 3.05) is 6.54 Å². The Hall–Kier alpha value is -1.14. The summed E-state index contributed by atoms with van der Waals surface area (Å²) in [6.07, 6.45) is 1.78. The highest BCUT2D eigenvalue weighted by Gasteiger charge is 2.20. The summed E-state index contributed by atoms with van der Waals surface area (Å²) in [7, 11) is 0. The first kappa shape index (κ1) is 14.9. The summed E-state index contributed by atoms with van der Waals surface area (Å²) >= 11 is 0. The number of rotatable bonds is 3. The fourth-order valence-electron chi connectivity index (χ4n) is 1.18. The fraction of sp³-hybridized carbons (Fsp3) is 0.800. The summed E-state index contributed by atoms with van der Waals surface area (Å²) in [6.45, 7) is 4.41. The Bertz CT molecular complexity index is 225. The molecule has 1 saturated heterocycles. The molecule has 94 valence electrons. The summed E-state index contributed by atoms with van der Waals surface area (Å²) in [5.41, 5.74) is 5.16. The zero-order valence-electron chi connectivity index (χ0n) is 9.64. The van der Waals surface area contributed by atoms with Gasteiger partial charge in [-0.25, -0.2) is 0 Å². The third-order valence-corrected chi connectivity index (χ3v) is 2.36. The van der Waals surface area contributed by atoms with E-state index in [-0.39, 0.29) is 12.0 Å². The molecule has 5 N–H and O–H groups in total. The summed E-state index contributed by atoms with van der Waals surface area (Å²) in [5, 5.41) is 19.4. The van der Waals surface area contributed by atoms with Crippen LogP contribution in [0.3, 0.4) is 0 Å². The number of carboxylic acid groups (broad SMARTS) is 2. The molecule has 0 radical (unpaired) electrons.